The fraction of sp³-hybridized carbons (Fsp3) is 0.518. The second-order valence-corrected chi connectivity index (χ2v) is 24.3. The summed E-state index contributed by atoms with van der Waals surface area (Å²) in [6.45, 7) is 10.8. The second kappa shape index (κ2) is 17.7. The molecule has 328 valence electrons. The first kappa shape index (κ1) is 44.1. The number of unbranched alkanes of at least 4 members (excludes halogenated alkanes) is 1. The molecular formula is C56H68BrO4P. The molecule has 0 unspecified atom stereocenters. The summed E-state index contributed by atoms with van der Waals surface area (Å²) in [5, 5.41) is 4.17. The van der Waals surface area contributed by atoms with Crippen molar-refractivity contribution in [3.63, 3.8) is 0 Å². The van der Waals surface area contributed by atoms with E-state index in [-0.39, 0.29) is 40.3 Å². The van der Waals surface area contributed by atoms with E-state index >= 15 is 0 Å². The minimum Gasteiger partial charge on any atom is -1.00 e. The van der Waals surface area contributed by atoms with Gasteiger partial charge in [-0.1, -0.05) is 118 Å². The summed E-state index contributed by atoms with van der Waals surface area (Å²) in [4.78, 5) is 13.7. The largest absolute Gasteiger partial charge is 1.00 e. The Balaban J connectivity index is 0.00000490. The third-order valence-corrected chi connectivity index (χ3v) is 22.0. The van der Waals surface area contributed by atoms with E-state index in [4.69, 9.17) is 14.2 Å². The Morgan fingerprint density at radius 1 is 0.758 bits per heavy atom. The van der Waals surface area contributed by atoms with Gasteiger partial charge in [-0.3, -0.25) is 4.79 Å². The number of allylic oxidation sites excluding steroid dienone is 1. The first-order chi connectivity index (χ1) is 29.6. The molecule has 6 heteroatoms. The SMILES string of the molecule is C[C@@H]1CC[C@@]2(OC1)O[C@H]1C[C@H]3[C@@H]4CC=C5C[C@@H](OC(=O)CCCC[P+](c6ccccc6)(c6ccccc6)c6cccc(-c7ccccc7)c6)CC[C@]5(C)[C@H]4CC[C@]3(C)[C@H]1[C@@H]2C.[Br-]. The Bertz CT molecular complexity index is 2160. The van der Waals surface area contributed by atoms with Crippen LogP contribution in [0.1, 0.15) is 105 Å². The molecule has 5 fully saturated rings. The highest BCUT2D eigenvalue weighted by Gasteiger charge is 2.68. The summed E-state index contributed by atoms with van der Waals surface area (Å²) in [5.41, 5.74) is 4.59. The van der Waals surface area contributed by atoms with Crippen LogP contribution in [0.3, 0.4) is 0 Å². The number of fused-ring (bicyclic) bond motifs is 7. The maximum Gasteiger partial charge on any atom is 0.306 e. The third kappa shape index (κ3) is 7.61. The van der Waals surface area contributed by atoms with Crippen molar-refractivity contribution >= 4 is 29.1 Å². The fourth-order valence-corrected chi connectivity index (χ4v) is 18.8. The van der Waals surface area contributed by atoms with Crippen molar-refractivity contribution in [1.29, 1.82) is 0 Å². The quantitative estimate of drug-likeness (QED) is 0.0690. The number of esters is 1. The van der Waals surface area contributed by atoms with E-state index < -0.39 is 7.26 Å². The lowest BCUT2D eigenvalue weighted by molar-refractivity contribution is -0.272. The highest BCUT2D eigenvalue weighted by atomic mass is 79.9. The summed E-state index contributed by atoms with van der Waals surface area (Å²) in [7, 11) is -2.03. The number of hydrogen-bond donors (Lipinski definition) is 0. The molecule has 6 aliphatic rings. The minimum atomic E-state index is -2.03. The van der Waals surface area contributed by atoms with Crippen LogP contribution in [0.5, 0.6) is 0 Å². The van der Waals surface area contributed by atoms with Gasteiger partial charge in [-0.25, -0.2) is 0 Å². The maximum absolute atomic E-state index is 13.7. The molecule has 3 saturated carbocycles. The summed E-state index contributed by atoms with van der Waals surface area (Å²) >= 11 is 0. The van der Waals surface area contributed by atoms with E-state index in [0.29, 0.717) is 47.5 Å². The van der Waals surface area contributed by atoms with Crippen molar-refractivity contribution in [3.05, 3.63) is 127 Å². The van der Waals surface area contributed by atoms with Crippen LogP contribution < -0.4 is 32.9 Å². The molecule has 0 aromatic heterocycles. The van der Waals surface area contributed by atoms with Crippen LogP contribution in [0, 0.1) is 46.3 Å². The number of ether oxygens (including phenoxy) is 3. The lowest BCUT2D eigenvalue weighted by atomic mass is 9.47. The molecule has 0 amide bonds. The number of carbonyl (C=O) groups excluding carboxylic acids is 1. The van der Waals surface area contributed by atoms with Crippen LogP contribution in [0.25, 0.3) is 11.1 Å². The molecule has 0 N–H and O–H groups in total. The van der Waals surface area contributed by atoms with Crippen molar-refractivity contribution < 1.29 is 36.0 Å². The van der Waals surface area contributed by atoms with E-state index in [1.807, 2.05) is 0 Å². The molecule has 2 heterocycles. The molecule has 4 aliphatic carbocycles. The van der Waals surface area contributed by atoms with Crippen molar-refractivity contribution in [1.82, 2.24) is 0 Å². The lowest BCUT2D eigenvalue weighted by Gasteiger charge is -2.58. The predicted molar refractivity (Wildman–Crippen MR) is 251 cm³/mol. The van der Waals surface area contributed by atoms with Crippen molar-refractivity contribution in [3.8, 4) is 11.1 Å². The number of hydrogen-bond acceptors (Lipinski definition) is 4. The highest BCUT2D eigenvalue weighted by molar-refractivity contribution is 7.95. The monoisotopic (exact) mass is 914 g/mol. The molecule has 2 aliphatic heterocycles. The molecule has 10 rings (SSSR count). The van der Waals surface area contributed by atoms with E-state index in [1.165, 1.54) is 59.1 Å². The van der Waals surface area contributed by atoms with Crippen LogP contribution >= 0.6 is 7.26 Å². The average molecular weight is 916 g/mol. The molecule has 1 spiro atoms. The number of benzene rings is 4. The van der Waals surface area contributed by atoms with Crippen LogP contribution in [0.15, 0.2) is 127 Å². The Hall–Kier alpha value is -3.08. The Labute approximate surface area is 383 Å². The van der Waals surface area contributed by atoms with Gasteiger partial charge in [0.2, 0.25) is 0 Å². The molecule has 11 atom stereocenters. The zero-order valence-corrected chi connectivity index (χ0v) is 40.0. The Morgan fingerprint density at radius 3 is 2.13 bits per heavy atom. The van der Waals surface area contributed by atoms with Gasteiger partial charge in [0.05, 0.1) is 18.9 Å². The maximum atomic E-state index is 13.7. The summed E-state index contributed by atoms with van der Waals surface area (Å²) < 4.78 is 20.0. The van der Waals surface area contributed by atoms with Gasteiger partial charge in [0.25, 0.3) is 0 Å². The molecule has 4 aromatic rings. The van der Waals surface area contributed by atoms with Gasteiger partial charge in [0.1, 0.15) is 29.3 Å². The zero-order valence-electron chi connectivity index (χ0n) is 37.5. The van der Waals surface area contributed by atoms with Crippen molar-refractivity contribution in [2.45, 2.75) is 123 Å². The predicted octanol–water partition coefficient (Wildman–Crippen LogP) is 9.10. The van der Waals surface area contributed by atoms with Gasteiger partial charge in [-0.2, -0.15) is 0 Å². The van der Waals surface area contributed by atoms with E-state index in [0.717, 1.165) is 57.2 Å². The molecule has 4 nitrogen and oxygen atoms in total. The van der Waals surface area contributed by atoms with Gasteiger partial charge in [0.15, 0.2) is 5.79 Å². The standard InChI is InChI=1S/C56H68O4P.BrH/c1-39-28-33-56(58-38-39)40(2)53-51(60-56)37-50-48-27-26-43-36-44(29-31-54(43,3)49(48)30-32-55(50,53)4)59-52(57)25-14-15-34-61(45-20-10-6-11-21-45,46-22-12-7-13-23-46)47-24-16-19-42(35-47)41-17-8-5-9-18-41;/h5-13,16-24,26,35,39-40,44,48-51,53H,14-15,25,27-34,36-38H2,1-4H3;1H/q+1;/p-1/t39-,40+,44+,48-,49+,50+,51+,53+,54+,55+,56-;/m1./s1. The van der Waals surface area contributed by atoms with Gasteiger partial charge in [-0.05, 0) is 146 Å². The van der Waals surface area contributed by atoms with E-state index in [1.54, 1.807) is 5.57 Å². The van der Waals surface area contributed by atoms with Gasteiger partial charge >= 0.3 is 5.97 Å². The average Bonchev–Trinajstić information content (AvgIpc) is 3.74. The fourth-order valence-electron chi connectivity index (χ4n) is 14.4. The first-order valence-corrected chi connectivity index (χ1v) is 26.0. The van der Waals surface area contributed by atoms with Crippen molar-refractivity contribution in [2.24, 2.45) is 46.3 Å². The Morgan fingerprint density at radius 2 is 1.44 bits per heavy atom. The third-order valence-electron chi connectivity index (χ3n) is 17.5. The van der Waals surface area contributed by atoms with Crippen LogP contribution in [0.2, 0.25) is 0 Å². The molecule has 4 aromatic carbocycles. The normalized spacial score (nSPS) is 34.8. The van der Waals surface area contributed by atoms with Crippen molar-refractivity contribution in [2.75, 3.05) is 12.8 Å². The van der Waals surface area contributed by atoms with Crippen LogP contribution in [-0.2, 0) is 19.0 Å². The van der Waals surface area contributed by atoms with E-state index in [2.05, 4.69) is 149 Å². The van der Waals surface area contributed by atoms with Crippen LogP contribution in [0.4, 0.5) is 0 Å². The highest BCUT2D eigenvalue weighted by Crippen LogP contribution is 2.70. The summed E-state index contributed by atoms with van der Waals surface area (Å²) in [5.74, 6) is 3.47. The molecular weight excluding hydrogens is 847 g/mol. The van der Waals surface area contributed by atoms with Gasteiger partial charge < -0.3 is 31.2 Å². The molecule has 2 saturated heterocycles. The van der Waals surface area contributed by atoms with E-state index in [9.17, 15) is 4.79 Å². The lowest BCUT2D eigenvalue weighted by Crippen LogP contribution is -3.00. The second-order valence-electron chi connectivity index (χ2n) is 20.7. The molecule has 0 bridgehead atoms. The smallest absolute Gasteiger partial charge is 0.306 e. The van der Waals surface area contributed by atoms with Crippen LogP contribution in [-0.4, -0.2) is 36.7 Å². The topological polar surface area (TPSA) is 44.8 Å². The Kier molecular flexibility index (Phi) is 12.6. The summed E-state index contributed by atoms with van der Waals surface area (Å²) in [6.07, 6.45) is 16.5. The van der Waals surface area contributed by atoms with Gasteiger partial charge in [-0.15, -0.1) is 0 Å². The first-order valence-electron chi connectivity index (χ1n) is 24.0. The molecule has 0 radical (unpaired) electrons. The van der Waals surface area contributed by atoms with Gasteiger partial charge in [0, 0.05) is 25.2 Å². The number of carbonyl (C=O) groups is 1. The number of rotatable bonds is 10. The summed E-state index contributed by atoms with van der Waals surface area (Å²) in [6, 6.07) is 42.2. The zero-order chi connectivity index (χ0) is 41.8. The number of halogens is 1. The molecule has 62 heavy (non-hydrogen) atoms. The minimum absolute atomic E-state index is 0.